The van der Waals surface area contributed by atoms with Crippen LogP contribution in [0.4, 0.5) is 5.13 Å². The smallest absolute Gasteiger partial charge is 0.252 e. The molecule has 0 radical (unpaired) electrons. The Kier molecular flexibility index (Phi) is 3.09. The number of carbonyl (C=O) groups excluding carboxylic acids is 1. The van der Waals surface area contributed by atoms with Crippen LogP contribution in [0.3, 0.4) is 0 Å². The van der Waals surface area contributed by atoms with Gasteiger partial charge in [0.2, 0.25) is 0 Å². The summed E-state index contributed by atoms with van der Waals surface area (Å²) in [5.74, 6) is -0.115. The van der Waals surface area contributed by atoms with Gasteiger partial charge in [0.15, 0.2) is 5.13 Å². The third kappa shape index (κ3) is 2.41. The number of fused-ring (bicyclic) bond motifs is 1. The molecular formula is C12H17N3O2S. The molecule has 1 saturated heterocycles. The van der Waals surface area contributed by atoms with Crippen LogP contribution >= 0.6 is 11.3 Å². The van der Waals surface area contributed by atoms with Crippen LogP contribution in [0.25, 0.3) is 0 Å². The number of nitrogens with zero attached hydrogens (tertiary/aromatic N) is 1. The second-order valence-electron chi connectivity index (χ2n) is 5.13. The quantitative estimate of drug-likeness (QED) is 0.852. The van der Waals surface area contributed by atoms with E-state index in [1.54, 1.807) is 11.3 Å². The molecule has 1 aromatic rings. The number of aromatic nitrogens is 1. The SMILES string of the molecule is CC1(OCC(=O)Nc2nc3c(s2)CCC3)CNC1. The molecule has 0 aromatic carbocycles. The summed E-state index contributed by atoms with van der Waals surface area (Å²) in [6.07, 6.45) is 3.34. The molecule has 1 aliphatic heterocycles. The van der Waals surface area contributed by atoms with Crippen molar-refractivity contribution >= 4 is 22.4 Å². The molecule has 1 aliphatic carbocycles. The highest BCUT2D eigenvalue weighted by Crippen LogP contribution is 2.30. The van der Waals surface area contributed by atoms with Gasteiger partial charge in [-0.3, -0.25) is 10.1 Å². The van der Waals surface area contributed by atoms with Gasteiger partial charge in [0, 0.05) is 18.0 Å². The van der Waals surface area contributed by atoms with Crippen LogP contribution in [0, 0.1) is 0 Å². The minimum absolute atomic E-state index is 0.0996. The molecule has 0 unspecified atom stereocenters. The van der Waals surface area contributed by atoms with E-state index in [1.165, 1.54) is 11.3 Å². The zero-order valence-electron chi connectivity index (χ0n) is 10.4. The van der Waals surface area contributed by atoms with E-state index in [9.17, 15) is 4.79 Å². The maximum absolute atomic E-state index is 11.7. The summed E-state index contributed by atoms with van der Waals surface area (Å²) >= 11 is 1.59. The Morgan fingerprint density at radius 1 is 1.56 bits per heavy atom. The topological polar surface area (TPSA) is 63.2 Å². The van der Waals surface area contributed by atoms with Gasteiger partial charge < -0.3 is 10.1 Å². The molecule has 2 heterocycles. The maximum atomic E-state index is 11.7. The van der Waals surface area contributed by atoms with E-state index in [2.05, 4.69) is 15.6 Å². The molecule has 98 valence electrons. The van der Waals surface area contributed by atoms with Crippen molar-refractivity contribution in [3.63, 3.8) is 0 Å². The number of thiazole rings is 1. The minimum Gasteiger partial charge on any atom is -0.363 e. The highest BCUT2D eigenvalue weighted by atomic mass is 32.1. The molecule has 0 spiro atoms. The number of nitrogens with one attached hydrogen (secondary N) is 2. The van der Waals surface area contributed by atoms with Gasteiger partial charge in [0.1, 0.15) is 6.61 Å². The number of carbonyl (C=O) groups is 1. The van der Waals surface area contributed by atoms with Crippen molar-refractivity contribution in [2.24, 2.45) is 0 Å². The largest absolute Gasteiger partial charge is 0.363 e. The van der Waals surface area contributed by atoms with E-state index >= 15 is 0 Å². The fourth-order valence-electron chi connectivity index (χ4n) is 2.22. The third-order valence-corrected chi connectivity index (χ3v) is 4.46. The zero-order chi connectivity index (χ0) is 12.6. The fraction of sp³-hybridized carbons (Fsp3) is 0.667. The predicted molar refractivity (Wildman–Crippen MR) is 70.0 cm³/mol. The van der Waals surface area contributed by atoms with E-state index in [0.717, 1.165) is 31.6 Å². The van der Waals surface area contributed by atoms with Crippen LogP contribution in [0.15, 0.2) is 0 Å². The molecular weight excluding hydrogens is 250 g/mol. The van der Waals surface area contributed by atoms with E-state index in [1.807, 2.05) is 6.92 Å². The second kappa shape index (κ2) is 4.60. The molecule has 0 saturated carbocycles. The summed E-state index contributed by atoms with van der Waals surface area (Å²) in [7, 11) is 0. The first kappa shape index (κ1) is 12.1. The minimum atomic E-state index is -0.179. The number of rotatable bonds is 4. The molecule has 1 fully saturated rings. The summed E-state index contributed by atoms with van der Waals surface area (Å²) in [6.45, 7) is 3.73. The lowest BCUT2D eigenvalue weighted by atomic mass is 10.0. The summed E-state index contributed by atoms with van der Waals surface area (Å²) in [5, 5.41) is 6.66. The van der Waals surface area contributed by atoms with Crippen LogP contribution in [0.5, 0.6) is 0 Å². The molecule has 2 N–H and O–H groups in total. The molecule has 1 aromatic heterocycles. The van der Waals surface area contributed by atoms with Crippen molar-refractivity contribution in [2.45, 2.75) is 31.8 Å². The van der Waals surface area contributed by atoms with Crippen molar-refractivity contribution in [1.82, 2.24) is 10.3 Å². The fourth-order valence-corrected chi connectivity index (χ4v) is 3.28. The summed E-state index contributed by atoms with van der Waals surface area (Å²) < 4.78 is 5.58. The summed E-state index contributed by atoms with van der Waals surface area (Å²) in [4.78, 5) is 17.5. The number of anilines is 1. The first-order valence-electron chi connectivity index (χ1n) is 6.28. The van der Waals surface area contributed by atoms with Crippen molar-refractivity contribution in [3.05, 3.63) is 10.6 Å². The molecule has 0 bridgehead atoms. The Balaban J connectivity index is 1.51. The lowest BCUT2D eigenvalue weighted by Gasteiger charge is -2.38. The Morgan fingerprint density at radius 3 is 3.06 bits per heavy atom. The van der Waals surface area contributed by atoms with Crippen molar-refractivity contribution in [1.29, 1.82) is 0 Å². The van der Waals surface area contributed by atoms with Crippen molar-refractivity contribution < 1.29 is 9.53 Å². The number of aryl methyl sites for hydroxylation is 2. The first-order valence-corrected chi connectivity index (χ1v) is 7.09. The van der Waals surface area contributed by atoms with Gasteiger partial charge in [-0.25, -0.2) is 4.98 Å². The van der Waals surface area contributed by atoms with Crippen molar-refractivity contribution in [3.8, 4) is 0 Å². The standard InChI is InChI=1S/C12H17N3O2S/c1-12(6-13-7-12)17-5-10(16)15-11-14-8-3-2-4-9(8)18-11/h13H,2-7H2,1H3,(H,14,15,16). The van der Waals surface area contributed by atoms with Gasteiger partial charge in [-0.05, 0) is 26.2 Å². The number of ether oxygens (including phenoxy) is 1. The average molecular weight is 267 g/mol. The third-order valence-electron chi connectivity index (χ3n) is 3.39. The lowest BCUT2D eigenvalue weighted by molar-refractivity contribution is -0.130. The number of hydrogen-bond donors (Lipinski definition) is 2. The highest BCUT2D eigenvalue weighted by molar-refractivity contribution is 7.15. The summed E-state index contributed by atoms with van der Waals surface area (Å²) in [6, 6.07) is 0. The average Bonchev–Trinajstić information content (AvgIpc) is 2.84. The Hall–Kier alpha value is -0.980. The second-order valence-corrected chi connectivity index (χ2v) is 6.22. The Bertz CT molecular complexity index is 446. The number of amides is 1. The van der Waals surface area contributed by atoms with E-state index in [-0.39, 0.29) is 18.1 Å². The monoisotopic (exact) mass is 267 g/mol. The van der Waals surface area contributed by atoms with Gasteiger partial charge >= 0.3 is 0 Å². The van der Waals surface area contributed by atoms with Gasteiger partial charge in [-0.1, -0.05) is 0 Å². The Labute approximate surface area is 110 Å². The first-order chi connectivity index (χ1) is 8.65. The van der Waals surface area contributed by atoms with Crippen LogP contribution < -0.4 is 10.6 Å². The van der Waals surface area contributed by atoms with Gasteiger partial charge in [-0.15, -0.1) is 11.3 Å². The summed E-state index contributed by atoms with van der Waals surface area (Å²) in [5.41, 5.74) is 0.980. The van der Waals surface area contributed by atoms with Crippen molar-refractivity contribution in [2.75, 3.05) is 25.0 Å². The molecule has 18 heavy (non-hydrogen) atoms. The van der Waals surface area contributed by atoms with Crippen LogP contribution in [-0.4, -0.2) is 36.2 Å². The van der Waals surface area contributed by atoms with Crippen LogP contribution in [-0.2, 0) is 22.4 Å². The maximum Gasteiger partial charge on any atom is 0.252 e. The van der Waals surface area contributed by atoms with E-state index in [0.29, 0.717) is 5.13 Å². The molecule has 6 heteroatoms. The zero-order valence-corrected chi connectivity index (χ0v) is 11.2. The molecule has 3 rings (SSSR count). The molecule has 2 aliphatic rings. The predicted octanol–water partition coefficient (Wildman–Crippen LogP) is 0.949. The lowest BCUT2D eigenvalue weighted by Crippen LogP contribution is -2.59. The van der Waals surface area contributed by atoms with E-state index < -0.39 is 0 Å². The van der Waals surface area contributed by atoms with Gasteiger partial charge in [-0.2, -0.15) is 0 Å². The highest BCUT2D eigenvalue weighted by Gasteiger charge is 2.33. The van der Waals surface area contributed by atoms with Crippen LogP contribution in [0.1, 0.15) is 23.9 Å². The molecule has 5 nitrogen and oxygen atoms in total. The molecule has 0 atom stereocenters. The Morgan fingerprint density at radius 2 is 2.39 bits per heavy atom. The van der Waals surface area contributed by atoms with Gasteiger partial charge in [0.25, 0.3) is 5.91 Å². The molecule has 1 amide bonds. The van der Waals surface area contributed by atoms with Crippen LogP contribution in [0.2, 0.25) is 0 Å². The number of hydrogen-bond acceptors (Lipinski definition) is 5. The van der Waals surface area contributed by atoms with E-state index in [4.69, 9.17) is 4.74 Å². The van der Waals surface area contributed by atoms with Gasteiger partial charge in [0.05, 0.1) is 11.3 Å². The normalized spacial score (nSPS) is 20.3.